The fourth-order valence-corrected chi connectivity index (χ4v) is 4.06. The number of carboxylic acids is 1. The maximum atomic E-state index is 12.9. The molecular weight excluding hydrogens is 450 g/mol. The van der Waals surface area contributed by atoms with Gasteiger partial charge in [-0.05, 0) is 55.0 Å². The second-order valence-electron chi connectivity index (χ2n) is 7.47. The molecule has 0 amide bonds. The van der Waals surface area contributed by atoms with E-state index in [0.717, 1.165) is 5.57 Å². The van der Waals surface area contributed by atoms with Gasteiger partial charge in [-0.3, -0.25) is 19.5 Å². The number of allylic oxidation sites excluding steroid dienone is 1. The lowest BCUT2D eigenvalue weighted by Crippen LogP contribution is -2.20. The lowest BCUT2D eigenvalue weighted by atomic mass is 10.1. The molecule has 0 saturated carbocycles. The Morgan fingerprint density at radius 1 is 1.21 bits per heavy atom. The van der Waals surface area contributed by atoms with Crippen LogP contribution in [0.1, 0.15) is 28.4 Å². The minimum atomic E-state index is -1.10. The predicted molar refractivity (Wildman–Crippen MR) is 121 cm³/mol. The fraction of sp³-hybridized carbons (Fsp3) is 0.0870. The van der Waals surface area contributed by atoms with Crippen molar-refractivity contribution in [1.29, 1.82) is 0 Å². The zero-order chi connectivity index (χ0) is 23.3. The summed E-state index contributed by atoms with van der Waals surface area (Å²) < 4.78 is 7.37. The molecule has 9 nitrogen and oxygen atoms in total. The summed E-state index contributed by atoms with van der Waals surface area (Å²) in [5.41, 5.74) is 0.964. The highest BCUT2D eigenvalue weighted by atomic mass is 35.5. The second kappa shape index (κ2) is 7.72. The lowest BCUT2D eigenvalue weighted by molar-refractivity contribution is -0.384. The number of benzene rings is 2. The molecule has 4 aromatic rings. The average molecular weight is 464 g/mol. The molecule has 0 fully saturated rings. The average Bonchev–Trinajstić information content (AvgIpc) is 3.41. The van der Waals surface area contributed by atoms with Gasteiger partial charge in [-0.25, -0.2) is 9.78 Å². The van der Waals surface area contributed by atoms with Gasteiger partial charge >= 0.3 is 5.97 Å². The SMILES string of the molecule is O=C(O)c1ccc2c(=O)n3c(nc2c1)/C(=C/c1ccc(-c2ccc(Cl)cc2[N+](=O)[O-])o1)CC3. The Morgan fingerprint density at radius 2 is 2.03 bits per heavy atom. The first-order valence-electron chi connectivity index (χ1n) is 9.85. The van der Waals surface area contributed by atoms with E-state index in [-0.39, 0.29) is 21.8 Å². The van der Waals surface area contributed by atoms with Crippen molar-refractivity contribution in [2.75, 3.05) is 0 Å². The Hall–Kier alpha value is -4.24. The van der Waals surface area contributed by atoms with Gasteiger partial charge in [0.05, 0.1) is 27.0 Å². The Bertz CT molecular complexity index is 1570. The van der Waals surface area contributed by atoms with Gasteiger partial charge in [-0.15, -0.1) is 0 Å². The van der Waals surface area contributed by atoms with Gasteiger partial charge < -0.3 is 9.52 Å². The Labute approximate surface area is 190 Å². The molecule has 0 aliphatic carbocycles. The number of hydrogen-bond donors (Lipinski definition) is 1. The van der Waals surface area contributed by atoms with Crippen LogP contribution < -0.4 is 5.56 Å². The van der Waals surface area contributed by atoms with E-state index in [1.807, 2.05) is 0 Å². The number of hydrogen-bond acceptors (Lipinski definition) is 6. The van der Waals surface area contributed by atoms with Gasteiger partial charge in [0.1, 0.15) is 17.3 Å². The molecule has 1 aliphatic heterocycles. The van der Waals surface area contributed by atoms with E-state index >= 15 is 0 Å². The molecule has 3 heterocycles. The predicted octanol–water partition coefficient (Wildman–Crippen LogP) is 4.86. The van der Waals surface area contributed by atoms with Crippen molar-refractivity contribution in [3.05, 3.63) is 91.2 Å². The highest BCUT2D eigenvalue weighted by Crippen LogP contribution is 2.35. The third-order valence-electron chi connectivity index (χ3n) is 5.46. The number of halogens is 1. The summed E-state index contributed by atoms with van der Waals surface area (Å²) in [6.45, 7) is 0.430. The van der Waals surface area contributed by atoms with Crippen molar-refractivity contribution < 1.29 is 19.2 Å². The molecule has 0 spiro atoms. The monoisotopic (exact) mass is 463 g/mol. The van der Waals surface area contributed by atoms with E-state index in [4.69, 9.17) is 16.0 Å². The highest BCUT2D eigenvalue weighted by molar-refractivity contribution is 6.30. The number of nitro groups is 1. The summed E-state index contributed by atoms with van der Waals surface area (Å²) in [7, 11) is 0. The zero-order valence-corrected chi connectivity index (χ0v) is 17.6. The van der Waals surface area contributed by atoms with Crippen LogP contribution in [0.2, 0.25) is 5.02 Å². The first-order chi connectivity index (χ1) is 15.8. The van der Waals surface area contributed by atoms with E-state index in [2.05, 4.69) is 4.98 Å². The van der Waals surface area contributed by atoms with Gasteiger partial charge in [-0.2, -0.15) is 0 Å². The third-order valence-corrected chi connectivity index (χ3v) is 5.69. The largest absolute Gasteiger partial charge is 0.478 e. The van der Waals surface area contributed by atoms with Crippen LogP contribution in [-0.4, -0.2) is 25.6 Å². The zero-order valence-electron chi connectivity index (χ0n) is 16.8. The highest BCUT2D eigenvalue weighted by Gasteiger charge is 2.23. The van der Waals surface area contributed by atoms with Crippen LogP contribution in [0.3, 0.4) is 0 Å². The van der Waals surface area contributed by atoms with Crippen molar-refractivity contribution in [3.8, 4) is 11.3 Å². The standard InChI is InChI=1S/C23H14ClN3O6/c24-14-2-5-17(19(11-14)27(31)32)20-6-3-15(33-20)9-12-7-8-26-21(12)25-18-10-13(23(29)30)1-4-16(18)22(26)28/h1-6,9-11H,7-8H2,(H,29,30)/b12-9+. The summed E-state index contributed by atoms with van der Waals surface area (Å²) in [5.74, 6) is 0.0736. The molecule has 5 rings (SSSR count). The van der Waals surface area contributed by atoms with Crippen molar-refractivity contribution in [3.63, 3.8) is 0 Å². The Balaban J connectivity index is 1.57. The molecule has 0 bridgehead atoms. The fourth-order valence-electron chi connectivity index (χ4n) is 3.90. The maximum Gasteiger partial charge on any atom is 0.335 e. The number of rotatable bonds is 4. The van der Waals surface area contributed by atoms with Crippen LogP contribution in [-0.2, 0) is 6.54 Å². The summed E-state index contributed by atoms with van der Waals surface area (Å²) >= 11 is 5.88. The van der Waals surface area contributed by atoms with Crippen LogP contribution in [0.15, 0.2) is 57.7 Å². The number of carboxylic acid groups (broad SMARTS) is 1. The van der Waals surface area contributed by atoms with E-state index in [1.165, 1.54) is 30.3 Å². The first kappa shape index (κ1) is 20.7. The Morgan fingerprint density at radius 3 is 2.79 bits per heavy atom. The van der Waals surface area contributed by atoms with E-state index in [9.17, 15) is 24.8 Å². The van der Waals surface area contributed by atoms with Crippen LogP contribution in [0.5, 0.6) is 0 Å². The van der Waals surface area contributed by atoms with Crippen LogP contribution >= 0.6 is 11.6 Å². The summed E-state index contributed by atoms with van der Waals surface area (Å²) in [4.78, 5) is 39.6. The van der Waals surface area contributed by atoms with E-state index < -0.39 is 10.9 Å². The van der Waals surface area contributed by atoms with Crippen LogP contribution in [0, 0.1) is 10.1 Å². The number of fused-ring (bicyclic) bond motifs is 2. The van der Waals surface area contributed by atoms with Gasteiger partial charge in [0, 0.05) is 23.2 Å². The van der Waals surface area contributed by atoms with Gasteiger partial charge in [0.25, 0.3) is 11.2 Å². The molecule has 0 saturated heterocycles. The van der Waals surface area contributed by atoms with Crippen molar-refractivity contribution in [2.24, 2.45) is 0 Å². The first-order valence-corrected chi connectivity index (χ1v) is 10.2. The minimum Gasteiger partial charge on any atom is -0.478 e. The molecule has 33 heavy (non-hydrogen) atoms. The maximum absolute atomic E-state index is 12.9. The number of nitrogens with zero attached hydrogens (tertiary/aromatic N) is 3. The molecule has 164 valence electrons. The van der Waals surface area contributed by atoms with Gasteiger partial charge in [0.15, 0.2) is 0 Å². The number of aromatic nitrogens is 2. The lowest BCUT2D eigenvalue weighted by Gasteiger charge is -2.06. The van der Waals surface area contributed by atoms with Crippen molar-refractivity contribution >= 4 is 45.8 Å². The quantitative estimate of drug-likeness (QED) is 0.338. The number of carbonyl (C=O) groups is 1. The molecule has 2 aromatic carbocycles. The molecular formula is C23H14ClN3O6. The molecule has 10 heteroatoms. The normalized spacial score (nSPS) is 14.0. The Kier molecular flexibility index (Phi) is 4.83. The van der Waals surface area contributed by atoms with Crippen molar-refractivity contribution in [1.82, 2.24) is 9.55 Å². The topological polar surface area (TPSA) is 128 Å². The minimum absolute atomic E-state index is 0.0445. The summed E-state index contributed by atoms with van der Waals surface area (Å²) in [5, 5.41) is 21.2. The molecule has 0 atom stereocenters. The van der Waals surface area contributed by atoms with Crippen LogP contribution in [0.4, 0.5) is 5.69 Å². The number of furan rings is 1. The smallest absolute Gasteiger partial charge is 0.335 e. The summed E-state index contributed by atoms with van der Waals surface area (Å²) in [6.07, 6.45) is 2.25. The van der Waals surface area contributed by atoms with E-state index in [1.54, 1.807) is 28.8 Å². The van der Waals surface area contributed by atoms with Crippen LogP contribution in [0.25, 0.3) is 33.9 Å². The van der Waals surface area contributed by atoms with Crippen molar-refractivity contribution in [2.45, 2.75) is 13.0 Å². The number of aromatic carboxylic acids is 1. The molecule has 1 N–H and O–H groups in total. The third kappa shape index (κ3) is 3.58. The number of nitro benzene ring substituents is 1. The van der Waals surface area contributed by atoms with E-state index in [0.29, 0.717) is 46.8 Å². The van der Waals surface area contributed by atoms with Gasteiger partial charge in [-0.1, -0.05) is 11.6 Å². The summed E-state index contributed by atoms with van der Waals surface area (Å²) in [6, 6.07) is 11.9. The molecule has 0 radical (unpaired) electrons. The molecule has 1 aliphatic rings. The second-order valence-corrected chi connectivity index (χ2v) is 7.91. The van der Waals surface area contributed by atoms with Gasteiger partial charge in [0.2, 0.25) is 0 Å². The molecule has 0 unspecified atom stereocenters. The molecule has 2 aromatic heterocycles.